The lowest BCUT2D eigenvalue weighted by Crippen LogP contribution is -2.30. The van der Waals surface area contributed by atoms with Crippen LogP contribution in [0.3, 0.4) is 0 Å². The van der Waals surface area contributed by atoms with E-state index in [0.717, 1.165) is 5.69 Å². The fourth-order valence-corrected chi connectivity index (χ4v) is 1.14. The Morgan fingerprint density at radius 3 is 2.92 bits per heavy atom. The fourth-order valence-electron chi connectivity index (χ4n) is 1.14. The Labute approximate surface area is 73.3 Å². The Morgan fingerprint density at radius 1 is 1.54 bits per heavy atom. The summed E-state index contributed by atoms with van der Waals surface area (Å²) in [6, 6.07) is -0.590. The van der Waals surface area contributed by atoms with Crippen LogP contribution in [0.1, 0.15) is 5.69 Å². The first-order valence-corrected chi connectivity index (χ1v) is 3.75. The van der Waals surface area contributed by atoms with Crippen LogP contribution < -0.4 is 5.32 Å². The second-order valence-electron chi connectivity index (χ2n) is 2.69. The van der Waals surface area contributed by atoms with Gasteiger partial charge in [0.15, 0.2) is 0 Å². The summed E-state index contributed by atoms with van der Waals surface area (Å²) in [7, 11) is 0. The average Bonchev–Trinajstić information content (AvgIpc) is 2.63. The maximum absolute atomic E-state index is 11.0. The van der Waals surface area contributed by atoms with Crippen LogP contribution >= 0.6 is 0 Å². The van der Waals surface area contributed by atoms with Crippen LogP contribution in [0, 0.1) is 0 Å². The first kappa shape index (κ1) is 7.78. The number of hydrogen-bond donors (Lipinski definition) is 2. The quantitative estimate of drug-likeness (QED) is 0.479. The van der Waals surface area contributed by atoms with Gasteiger partial charge in [-0.2, -0.15) is 0 Å². The molecular formula is C7H7N3O3. The van der Waals surface area contributed by atoms with Crippen LogP contribution in [0.25, 0.3) is 0 Å². The van der Waals surface area contributed by atoms with Gasteiger partial charge in [-0.1, -0.05) is 0 Å². The molecule has 2 rings (SSSR count). The van der Waals surface area contributed by atoms with E-state index < -0.39 is 18.1 Å². The zero-order chi connectivity index (χ0) is 9.26. The minimum atomic E-state index is -0.686. The minimum absolute atomic E-state index is 0.380. The summed E-state index contributed by atoms with van der Waals surface area (Å²) in [6.45, 7) is 0. The zero-order valence-corrected chi connectivity index (χ0v) is 6.61. The van der Waals surface area contributed by atoms with Gasteiger partial charge in [0.2, 0.25) is 0 Å². The summed E-state index contributed by atoms with van der Waals surface area (Å²) in [4.78, 5) is 28.2. The smallest absolute Gasteiger partial charge is 0.375 e. The largest absolute Gasteiger partial charge is 0.415 e. The van der Waals surface area contributed by atoms with E-state index in [2.05, 4.69) is 20.0 Å². The van der Waals surface area contributed by atoms with Gasteiger partial charge < -0.3 is 15.0 Å². The lowest BCUT2D eigenvalue weighted by molar-refractivity contribution is -0.135. The monoisotopic (exact) mass is 181 g/mol. The van der Waals surface area contributed by atoms with Crippen molar-refractivity contribution in [3.8, 4) is 0 Å². The number of hydrogen-bond acceptors (Lipinski definition) is 4. The number of ether oxygens (including phenoxy) is 1. The number of rotatable bonds is 2. The Hall–Kier alpha value is -1.85. The molecule has 6 heteroatoms. The van der Waals surface area contributed by atoms with Gasteiger partial charge in [-0.15, -0.1) is 0 Å². The molecule has 6 nitrogen and oxygen atoms in total. The van der Waals surface area contributed by atoms with Gasteiger partial charge in [0.1, 0.15) is 6.04 Å². The lowest BCUT2D eigenvalue weighted by Gasteiger charge is -2.01. The summed E-state index contributed by atoms with van der Waals surface area (Å²) in [5.74, 6) is -0.542. The highest BCUT2D eigenvalue weighted by molar-refractivity contribution is 5.95. The highest BCUT2D eigenvalue weighted by atomic mass is 16.6. The molecule has 1 fully saturated rings. The molecule has 1 saturated heterocycles. The van der Waals surface area contributed by atoms with E-state index in [1.54, 1.807) is 6.20 Å². The topological polar surface area (TPSA) is 84.1 Å². The minimum Gasteiger partial charge on any atom is -0.375 e. The molecule has 1 aliphatic heterocycles. The number of aromatic nitrogens is 2. The molecule has 0 bridgehead atoms. The molecule has 1 amide bonds. The van der Waals surface area contributed by atoms with E-state index in [-0.39, 0.29) is 0 Å². The average molecular weight is 181 g/mol. The fraction of sp³-hybridized carbons (Fsp3) is 0.286. The molecule has 1 aromatic rings. The van der Waals surface area contributed by atoms with Gasteiger partial charge in [-0.25, -0.2) is 14.6 Å². The standard InChI is InChI=1S/C7H7N3O3/c11-6-5(10-7(12)13-6)1-4-2-8-3-9-4/h2-3,5H,1H2,(H,8,9)(H,10,12). The van der Waals surface area contributed by atoms with Crippen molar-refractivity contribution in [2.24, 2.45) is 0 Å². The normalized spacial score (nSPS) is 21.4. The molecule has 1 unspecified atom stereocenters. The van der Waals surface area contributed by atoms with Gasteiger partial charge in [0.05, 0.1) is 6.33 Å². The number of amides is 1. The van der Waals surface area contributed by atoms with Crippen molar-refractivity contribution in [1.82, 2.24) is 15.3 Å². The lowest BCUT2D eigenvalue weighted by atomic mass is 10.2. The Kier molecular flexibility index (Phi) is 1.73. The van der Waals surface area contributed by atoms with E-state index in [1.807, 2.05) is 0 Å². The number of imidazole rings is 1. The molecule has 68 valence electrons. The number of nitrogens with zero attached hydrogens (tertiary/aromatic N) is 1. The summed E-state index contributed by atoms with van der Waals surface area (Å²) in [5, 5.41) is 2.38. The molecule has 2 N–H and O–H groups in total. The van der Waals surface area contributed by atoms with Crippen molar-refractivity contribution in [3.63, 3.8) is 0 Å². The second kappa shape index (κ2) is 2.89. The second-order valence-corrected chi connectivity index (χ2v) is 2.69. The van der Waals surface area contributed by atoms with Crippen LogP contribution in [0.4, 0.5) is 4.79 Å². The molecule has 13 heavy (non-hydrogen) atoms. The maximum atomic E-state index is 11.0. The number of carbonyl (C=O) groups excluding carboxylic acids is 2. The van der Waals surface area contributed by atoms with Gasteiger partial charge in [0.25, 0.3) is 0 Å². The van der Waals surface area contributed by atoms with Crippen molar-refractivity contribution >= 4 is 12.1 Å². The maximum Gasteiger partial charge on any atom is 0.415 e. The molecular weight excluding hydrogens is 174 g/mol. The highest BCUT2D eigenvalue weighted by Gasteiger charge is 2.32. The molecule has 1 atom stereocenters. The van der Waals surface area contributed by atoms with E-state index in [4.69, 9.17) is 0 Å². The third-order valence-corrected chi connectivity index (χ3v) is 1.75. The van der Waals surface area contributed by atoms with Crippen LogP contribution in [0.2, 0.25) is 0 Å². The summed E-state index contributed by atoms with van der Waals surface area (Å²) in [5.41, 5.74) is 0.782. The van der Waals surface area contributed by atoms with Gasteiger partial charge in [-0.3, -0.25) is 0 Å². The molecule has 1 aromatic heterocycles. The summed E-state index contributed by atoms with van der Waals surface area (Å²) < 4.78 is 4.30. The third kappa shape index (κ3) is 1.51. The van der Waals surface area contributed by atoms with E-state index >= 15 is 0 Å². The number of nitrogens with one attached hydrogen (secondary N) is 2. The Bertz CT molecular complexity index is 333. The first-order valence-electron chi connectivity index (χ1n) is 3.75. The third-order valence-electron chi connectivity index (χ3n) is 1.75. The predicted octanol–water partition coefficient (Wildman–Crippen LogP) is -0.413. The van der Waals surface area contributed by atoms with Crippen molar-refractivity contribution in [1.29, 1.82) is 0 Å². The van der Waals surface area contributed by atoms with Crippen molar-refractivity contribution in [2.75, 3.05) is 0 Å². The molecule has 0 aliphatic carbocycles. The number of carbonyl (C=O) groups is 2. The predicted molar refractivity (Wildman–Crippen MR) is 40.7 cm³/mol. The van der Waals surface area contributed by atoms with Crippen molar-refractivity contribution in [3.05, 3.63) is 18.2 Å². The van der Waals surface area contributed by atoms with E-state index in [0.29, 0.717) is 6.42 Å². The van der Waals surface area contributed by atoms with Crippen LogP contribution in [0.15, 0.2) is 12.5 Å². The molecule has 1 aliphatic rings. The van der Waals surface area contributed by atoms with Gasteiger partial charge in [-0.05, 0) is 0 Å². The van der Waals surface area contributed by atoms with Crippen molar-refractivity contribution in [2.45, 2.75) is 12.5 Å². The first-order chi connectivity index (χ1) is 6.25. The summed E-state index contributed by atoms with van der Waals surface area (Å²) >= 11 is 0. The SMILES string of the molecule is O=C1NC(Cc2cnc[nH]2)C(=O)O1. The molecule has 0 spiro atoms. The number of cyclic esters (lactones) is 2. The van der Waals surface area contributed by atoms with Crippen LogP contribution in [0.5, 0.6) is 0 Å². The molecule has 2 heterocycles. The number of aromatic amines is 1. The van der Waals surface area contributed by atoms with E-state index in [9.17, 15) is 9.59 Å². The molecule has 0 aromatic carbocycles. The van der Waals surface area contributed by atoms with E-state index in [1.165, 1.54) is 6.33 Å². The Balaban J connectivity index is 2.03. The number of esters is 1. The Morgan fingerprint density at radius 2 is 2.38 bits per heavy atom. The highest BCUT2D eigenvalue weighted by Crippen LogP contribution is 2.05. The van der Waals surface area contributed by atoms with Gasteiger partial charge in [0, 0.05) is 18.3 Å². The van der Waals surface area contributed by atoms with Gasteiger partial charge >= 0.3 is 12.1 Å². The van der Waals surface area contributed by atoms with Crippen LogP contribution in [-0.4, -0.2) is 28.1 Å². The number of alkyl carbamates (subject to hydrolysis) is 1. The molecule has 0 radical (unpaired) electrons. The summed E-state index contributed by atoms with van der Waals surface area (Å²) in [6.07, 6.45) is 2.80. The molecule has 0 saturated carbocycles. The zero-order valence-electron chi connectivity index (χ0n) is 6.61. The van der Waals surface area contributed by atoms with Crippen molar-refractivity contribution < 1.29 is 14.3 Å². The van der Waals surface area contributed by atoms with Crippen LogP contribution in [-0.2, 0) is 16.0 Å². The number of H-pyrrole nitrogens is 1.